The molecule has 3 unspecified atom stereocenters. The quantitative estimate of drug-likeness (QED) is 0.112. The summed E-state index contributed by atoms with van der Waals surface area (Å²) in [7, 11) is -10.3. The van der Waals surface area contributed by atoms with Gasteiger partial charge in [-0.2, -0.15) is 0 Å². The molecule has 0 spiro atoms. The van der Waals surface area contributed by atoms with Gasteiger partial charge in [0.25, 0.3) is 0 Å². The Kier molecular flexibility index (Phi) is 12.8. The molecule has 196 valence electrons. The first-order valence-electron chi connectivity index (χ1n) is 8.52. The molecule has 20 heteroatoms. The van der Waals surface area contributed by atoms with Crippen LogP contribution >= 0.6 is 15.2 Å². The summed E-state index contributed by atoms with van der Waals surface area (Å²) < 4.78 is 22.1. The Morgan fingerprint density at radius 1 is 0.676 bits per heavy atom. The summed E-state index contributed by atoms with van der Waals surface area (Å²) in [5, 5.41) is 48.2. The zero-order valence-electron chi connectivity index (χ0n) is 16.8. The van der Waals surface area contributed by atoms with E-state index in [1.165, 1.54) is 0 Å². The van der Waals surface area contributed by atoms with Gasteiger partial charge in [-0.3, -0.25) is 37.9 Å². The van der Waals surface area contributed by atoms with Crippen LogP contribution in [0.4, 0.5) is 0 Å². The Morgan fingerprint density at radius 2 is 1.12 bits per heavy atom. The van der Waals surface area contributed by atoms with Crippen molar-refractivity contribution in [2.45, 2.75) is 42.9 Å². The number of aliphatic carboxylic acids is 6. The lowest BCUT2D eigenvalue weighted by molar-refractivity contribution is -0.149. The number of carboxylic acids is 6. The third kappa shape index (κ3) is 11.3. The van der Waals surface area contributed by atoms with Crippen LogP contribution in [-0.2, 0) is 37.9 Å². The molecule has 0 fully saturated rings. The van der Waals surface area contributed by atoms with Crippen LogP contribution in [0.3, 0.4) is 0 Å². The maximum atomic E-state index is 11.1. The van der Waals surface area contributed by atoms with Crippen LogP contribution < -0.4 is 0 Å². The van der Waals surface area contributed by atoms with Crippen LogP contribution in [0.15, 0.2) is 0 Å². The van der Waals surface area contributed by atoms with E-state index in [2.05, 4.69) is 0 Å². The van der Waals surface area contributed by atoms with Gasteiger partial charge in [-0.1, -0.05) is 0 Å². The normalized spacial score (nSPS) is 14.9. The van der Waals surface area contributed by atoms with Crippen LogP contribution in [0, 0.1) is 5.92 Å². The van der Waals surface area contributed by atoms with Gasteiger partial charge in [-0.15, -0.1) is 0 Å². The molecule has 0 radical (unpaired) electrons. The van der Waals surface area contributed by atoms with Crippen LogP contribution in [0.2, 0.25) is 0 Å². The summed E-state index contributed by atoms with van der Waals surface area (Å²) in [6.45, 7) is 0. The van der Waals surface area contributed by atoms with Crippen LogP contribution in [0.25, 0.3) is 0 Å². The Balaban J connectivity index is 0. The predicted octanol–water partition coefficient (Wildman–Crippen LogP) is -1.49. The van der Waals surface area contributed by atoms with Gasteiger partial charge in [-0.05, 0) is 6.42 Å². The highest BCUT2D eigenvalue weighted by Crippen LogP contribution is 2.55. The van der Waals surface area contributed by atoms with Crippen molar-refractivity contribution in [3.63, 3.8) is 0 Å². The Morgan fingerprint density at radius 3 is 1.35 bits per heavy atom. The maximum absolute atomic E-state index is 11.1. The molecule has 0 saturated carbocycles. The van der Waals surface area contributed by atoms with Gasteiger partial charge < -0.3 is 50.2 Å². The minimum atomic E-state index is -5.32. The molecule has 0 aliphatic rings. The first-order valence-corrected chi connectivity index (χ1v) is 11.8. The summed E-state index contributed by atoms with van der Waals surface area (Å²) >= 11 is 0. The molecule has 3 atom stereocenters. The molecule has 0 saturated heterocycles. The van der Waals surface area contributed by atoms with E-state index in [-0.39, 0.29) is 0 Å². The molecule has 0 aromatic heterocycles. The second kappa shape index (κ2) is 13.1. The average molecular weight is 540 g/mol. The molecule has 0 aliphatic carbocycles. The Hall–Kier alpha value is -2.88. The van der Waals surface area contributed by atoms with E-state index in [1.807, 2.05) is 0 Å². The molecular formula is C14H22O18P2. The standard InChI is InChI=1S/2C7H11O9P/c8-5(9)1-3(7(12)13)4(2-6(10)11)17(14,15)16;8-4(9)1-2-7(6(12)13,3-5(10)11)17(14,15)16/h3-4H,1-2H2,(H,8,9)(H,10,11)(H,12,13)(H2,14,15,16);1-3H2,(H,8,9)(H,10,11)(H,12,13)(H2,14,15,16). The van der Waals surface area contributed by atoms with Crippen molar-refractivity contribution < 1.29 is 88.1 Å². The van der Waals surface area contributed by atoms with E-state index in [0.717, 1.165) is 0 Å². The molecule has 0 aromatic rings. The summed E-state index contributed by atoms with van der Waals surface area (Å²) in [4.78, 5) is 98.6. The number of hydrogen-bond acceptors (Lipinski definition) is 8. The van der Waals surface area contributed by atoms with Crippen molar-refractivity contribution >= 4 is 51.0 Å². The smallest absolute Gasteiger partial charge is 0.343 e. The van der Waals surface area contributed by atoms with Gasteiger partial charge in [0.15, 0.2) is 5.16 Å². The van der Waals surface area contributed by atoms with E-state index in [9.17, 15) is 37.9 Å². The first-order chi connectivity index (χ1) is 15.1. The zero-order valence-corrected chi connectivity index (χ0v) is 18.6. The lowest BCUT2D eigenvalue weighted by atomic mass is 9.98. The van der Waals surface area contributed by atoms with Crippen molar-refractivity contribution in [1.29, 1.82) is 0 Å². The average Bonchev–Trinajstić information content (AvgIpc) is 2.58. The fraction of sp³-hybridized carbons (Fsp3) is 0.571. The van der Waals surface area contributed by atoms with Crippen molar-refractivity contribution in [2.24, 2.45) is 5.92 Å². The van der Waals surface area contributed by atoms with Gasteiger partial charge in [0.1, 0.15) is 0 Å². The molecule has 0 aliphatic heterocycles. The van der Waals surface area contributed by atoms with E-state index in [1.54, 1.807) is 0 Å². The summed E-state index contributed by atoms with van der Waals surface area (Å²) in [6.07, 6.45) is -5.34. The molecule has 18 nitrogen and oxygen atoms in total. The number of hydrogen-bond donors (Lipinski definition) is 10. The lowest BCUT2D eigenvalue weighted by Crippen LogP contribution is -2.41. The fourth-order valence-corrected chi connectivity index (χ4v) is 4.55. The summed E-state index contributed by atoms with van der Waals surface area (Å²) in [6, 6.07) is 0. The van der Waals surface area contributed by atoms with Crippen molar-refractivity contribution in [3.8, 4) is 0 Å². The lowest BCUT2D eigenvalue weighted by Gasteiger charge is -2.27. The van der Waals surface area contributed by atoms with Crippen molar-refractivity contribution in [3.05, 3.63) is 0 Å². The van der Waals surface area contributed by atoms with E-state index in [0.29, 0.717) is 0 Å². The highest BCUT2D eigenvalue weighted by atomic mass is 31.2. The van der Waals surface area contributed by atoms with Gasteiger partial charge in [0.2, 0.25) is 0 Å². The monoisotopic (exact) mass is 540 g/mol. The molecule has 0 heterocycles. The molecule has 0 aromatic carbocycles. The minimum absolute atomic E-state index is 0.856. The molecule has 0 rings (SSSR count). The SMILES string of the molecule is O=C(O)CC(C(=O)O)C(CC(=O)O)P(=O)(O)O.O=C(O)CCC(CC(=O)O)(C(=O)O)P(=O)(O)O. The van der Waals surface area contributed by atoms with Crippen molar-refractivity contribution in [2.75, 3.05) is 0 Å². The molecule has 10 N–H and O–H groups in total. The fourth-order valence-electron chi connectivity index (χ4n) is 2.46. The number of carboxylic acid groups (broad SMARTS) is 6. The first kappa shape index (κ1) is 33.3. The highest BCUT2D eigenvalue weighted by molar-refractivity contribution is 7.54. The third-order valence-corrected chi connectivity index (χ3v) is 7.24. The topological polar surface area (TPSA) is 339 Å². The van der Waals surface area contributed by atoms with Crippen molar-refractivity contribution in [1.82, 2.24) is 0 Å². The zero-order chi connectivity index (χ0) is 27.7. The number of carbonyl (C=O) groups is 6. The van der Waals surface area contributed by atoms with Gasteiger partial charge >= 0.3 is 51.0 Å². The van der Waals surface area contributed by atoms with Crippen LogP contribution in [-0.4, -0.2) is 96.8 Å². The highest BCUT2D eigenvalue weighted by Gasteiger charge is 2.55. The Labute approximate surface area is 188 Å². The van der Waals surface area contributed by atoms with Gasteiger partial charge in [0.05, 0.1) is 30.8 Å². The van der Waals surface area contributed by atoms with Gasteiger partial charge in [-0.25, -0.2) is 0 Å². The summed E-state index contributed by atoms with van der Waals surface area (Å²) in [5.74, 6) is -12.2. The molecule has 0 bridgehead atoms. The molecular weight excluding hydrogens is 518 g/mol. The van der Waals surface area contributed by atoms with Gasteiger partial charge in [0, 0.05) is 6.42 Å². The second-order valence-electron chi connectivity index (χ2n) is 6.64. The number of rotatable bonds is 14. The maximum Gasteiger partial charge on any atom is 0.343 e. The van der Waals surface area contributed by atoms with E-state index in [4.69, 9.17) is 50.2 Å². The third-order valence-electron chi connectivity index (χ3n) is 4.14. The largest absolute Gasteiger partial charge is 0.481 e. The molecule has 0 amide bonds. The van der Waals surface area contributed by atoms with Crippen LogP contribution in [0.1, 0.15) is 32.1 Å². The van der Waals surface area contributed by atoms with Crippen LogP contribution in [0.5, 0.6) is 0 Å². The minimum Gasteiger partial charge on any atom is -0.481 e. The van der Waals surface area contributed by atoms with E-state index < -0.39 is 99.8 Å². The second-order valence-corrected chi connectivity index (χ2v) is 10.4. The summed E-state index contributed by atoms with van der Waals surface area (Å²) in [5.41, 5.74) is -2.06. The molecule has 34 heavy (non-hydrogen) atoms. The van der Waals surface area contributed by atoms with E-state index >= 15 is 0 Å². The Bertz CT molecular complexity index is 898. The predicted molar refractivity (Wildman–Crippen MR) is 103 cm³/mol.